The summed E-state index contributed by atoms with van der Waals surface area (Å²) >= 11 is 6.01. The second kappa shape index (κ2) is 11.0. The number of nitrogens with one attached hydrogen (secondary N) is 1. The highest BCUT2D eigenvalue weighted by Crippen LogP contribution is 2.23. The highest BCUT2D eigenvalue weighted by molar-refractivity contribution is 6.30. The van der Waals surface area contributed by atoms with Crippen molar-refractivity contribution in [2.24, 2.45) is 0 Å². The Morgan fingerprint density at radius 2 is 1.57 bits per heavy atom. The number of hydrogen-bond acceptors (Lipinski definition) is 4. The van der Waals surface area contributed by atoms with E-state index in [1.165, 1.54) is 4.90 Å². The SMILES string of the molecule is CCC(C(=O)NC(C)(C)C)N(Cc1ccc(Cl)cc1)C(=O)CCCN1C(=O)c2ccccc2C1=O. The summed E-state index contributed by atoms with van der Waals surface area (Å²) in [5.74, 6) is -1.12. The second-order valence-corrected chi connectivity index (χ2v) is 10.2. The molecule has 1 atom stereocenters. The molecule has 2 aromatic carbocycles. The Bertz CT molecular complexity index is 1070. The Hall–Kier alpha value is -3.19. The summed E-state index contributed by atoms with van der Waals surface area (Å²) in [6.45, 7) is 7.94. The number of carbonyl (C=O) groups is 4. The minimum Gasteiger partial charge on any atom is -0.350 e. The van der Waals surface area contributed by atoms with Gasteiger partial charge in [-0.1, -0.05) is 42.8 Å². The van der Waals surface area contributed by atoms with Crippen molar-refractivity contribution >= 4 is 35.2 Å². The topological polar surface area (TPSA) is 86.8 Å². The van der Waals surface area contributed by atoms with Gasteiger partial charge in [0.05, 0.1) is 11.1 Å². The molecule has 0 fully saturated rings. The van der Waals surface area contributed by atoms with E-state index in [2.05, 4.69) is 5.32 Å². The molecule has 0 radical (unpaired) electrons. The fourth-order valence-electron chi connectivity index (χ4n) is 4.13. The molecule has 0 spiro atoms. The Morgan fingerprint density at radius 3 is 2.09 bits per heavy atom. The number of nitrogens with zero attached hydrogens (tertiary/aromatic N) is 2. The maximum Gasteiger partial charge on any atom is 0.261 e. The molecule has 3 rings (SSSR count). The van der Waals surface area contributed by atoms with E-state index >= 15 is 0 Å². The molecule has 1 aliphatic rings. The van der Waals surface area contributed by atoms with Gasteiger partial charge in [-0.15, -0.1) is 0 Å². The van der Waals surface area contributed by atoms with Crippen LogP contribution in [0.15, 0.2) is 48.5 Å². The van der Waals surface area contributed by atoms with Crippen molar-refractivity contribution in [3.05, 3.63) is 70.2 Å². The molecule has 0 aromatic heterocycles. The summed E-state index contributed by atoms with van der Waals surface area (Å²) in [5, 5.41) is 3.56. The summed E-state index contributed by atoms with van der Waals surface area (Å²) in [5.41, 5.74) is 1.19. The van der Waals surface area contributed by atoms with E-state index < -0.39 is 11.6 Å². The summed E-state index contributed by atoms with van der Waals surface area (Å²) in [6, 6.07) is 13.2. The molecule has 0 saturated heterocycles. The summed E-state index contributed by atoms with van der Waals surface area (Å²) in [4.78, 5) is 54.4. The molecule has 186 valence electrons. The minimum atomic E-state index is -0.656. The number of hydrogen-bond donors (Lipinski definition) is 1. The van der Waals surface area contributed by atoms with Gasteiger partial charge < -0.3 is 10.2 Å². The highest BCUT2D eigenvalue weighted by Gasteiger charge is 2.35. The van der Waals surface area contributed by atoms with Gasteiger partial charge in [0, 0.05) is 30.1 Å². The fraction of sp³-hybridized carbons (Fsp3) is 0.407. The molecule has 1 aliphatic heterocycles. The van der Waals surface area contributed by atoms with Gasteiger partial charge in [0.15, 0.2) is 0 Å². The van der Waals surface area contributed by atoms with Crippen LogP contribution in [0.3, 0.4) is 0 Å². The van der Waals surface area contributed by atoms with Crippen molar-refractivity contribution in [3.63, 3.8) is 0 Å². The van der Waals surface area contributed by atoms with Crippen molar-refractivity contribution < 1.29 is 19.2 Å². The number of imide groups is 1. The molecule has 7 nitrogen and oxygen atoms in total. The molecule has 1 N–H and O–H groups in total. The van der Waals surface area contributed by atoms with E-state index in [4.69, 9.17) is 11.6 Å². The van der Waals surface area contributed by atoms with Crippen molar-refractivity contribution in [2.45, 2.75) is 65.1 Å². The smallest absolute Gasteiger partial charge is 0.261 e. The Kier molecular flexibility index (Phi) is 8.33. The Balaban J connectivity index is 1.72. The number of benzene rings is 2. The minimum absolute atomic E-state index is 0.0975. The predicted molar refractivity (Wildman–Crippen MR) is 135 cm³/mol. The van der Waals surface area contributed by atoms with Gasteiger partial charge in [-0.2, -0.15) is 0 Å². The zero-order valence-electron chi connectivity index (χ0n) is 20.6. The highest BCUT2D eigenvalue weighted by atomic mass is 35.5. The average Bonchev–Trinajstić information content (AvgIpc) is 3.04. The van der Waals surface area contributed by atoms with E-state index in [0.29, 0.717) is 29.0 Å². The molecular weight excluding hydrogens is 466 g/mol. The largest absolute Gasteiger partial charge is 0.350 e. The van der Waals surface area contributed by atoms with Crippen LogP contribution in [0.25, 0.3) is 0 Å². The molecule has 0 bridgehead atoms. The number of carbonyl (C=O) groups excluding carboxylic acids is 4. The van der Waals surface area contributed by atoms with Crippen molar-refractivity contribution in [3.8, 4) is 0 Å². The fourth-order valence-corrected chi connectivity index (χ4v) is 4.26. The van der Waals surface area contributed by atoms with E-state index in [1.54, 1.807) is 41.3 Å². The van der Waals surface area contributed by atoms with Crippen LogP contribution < -0.4 is 5.32 Å². The molecule has 4 amide bonds. The molecule has 1 unspecified atom stereocenters. The maximum absolute atomic E-state index is 13.4. The van der Waals surface area contributed by atoms with Gasteiger partial charge in [0.2, 0.25) is 11.8 Å². The molecule has 8 heteroatoms. The summed E-state index contributed by atoms with van der Waals surface area (Å²) < 4.78 is 0. The third-order valence-electron chi connectivity index (χ3n) is 5.80. The number of fused-ring (bicyclic) bond motifs is 1. The second-order valence-electron chi connectivity index (χ2n) is 9.72. The van der Waals surface area contributed by atoms with E-state index in [-0.39, 0.29) is 43.1 Å². The lowest BCUT2D eigenvalue weighted by molar-refractivity contribution is -0.142. The molecular formula is C27H32ClN3O4. The summed E-state index contributed by atoms with van der Waals surface area (Å²) in [6.07, 6.45) is 0.846. The number of amides is 4. The molecule has 2 aromatic rings. The van der Waals surface area contributed by atoms with Crippen molar-refractivity contribution in [2.75, 3.05) is 6.54 Å². The van der Waals surface area contributed by atoms with Crippen molar-refractivity contribution in [1.82, 2.24) is 15.1 Å². The first-order valence-electron chi connectivity index (χ1n) is 11.8. The number of halogens is 1. The van der Waals surface area contributed by atoms with E-state index in [9.17, 15) is 19.2 Å². The lowest BCUT2D eigenvalue weighted by Crippen LogP contribution is -2.53. The van der Waals surface area contributed by atoms with Gasteiger partial charge in [-0.25, -0.2) is 0 Å². The lowest BCUT2D eigenvalue weighted by Gasteiger charge is -2.33. The third kappa shape index (κ3) is 6.48. The Morgan fingerprint density at radius 1 is 1.00 bits per heavy atom. The Labute approximate surface area is 211 Å². The van der Waals surface area contributed by atoms with Crippen LogP contribution in [0.2, 0.25) is 5.02 Å². The van der Waals surface area contributed by atoms with Crippen molar-refractivity contribution in [1.29, 1.82) is 0 Å². The number of rotatable bonds is 9. The zero-order valence-corrected chi connectivity index (χ0v) is 21.4. The van der Waals surface area contributed by atoms with Gasteiger partial charge in [-0.3, -0.25) is 24.1 Å². The van der Waals surface area contributed by atoms with Gasteiger partial charge in [-0.05, 0) is 63.4 Å². The molecule has 1 heterocycles. The average molecular weight is 498 g/mol. The van der Waals surface area contributed by atoms with Gasteiger partial charge in [0.1, 0.15) is 6.04 Å². The predicted octanol–water partition coefficient (Wildman–Crippen LogP) is 4.44. The maximum atomic E-state index is 13.4. The van der Waals surface area contributed by atoms with Crippen LogP contribution in [0.1, 0.15) is 73.2 Å². The molecule has 35 heavy (non-hydrogen) atoms. The first-order valence-corrected chi connectivity index (χ1v) is 12.2. The monoisotopic (exact) mass is 497 g/mol. The van der Waals surface area contributed by atoms with Crippen LogP contribution >= 0.6 is 11.6 Å². The van der Waals surface area contributed by atoms with Crippen LogP contribution in [0.4, 0.5) is 0 Å². The first-order chi connectivity index (χ1) is 16.5. The van der Waals surface area contributed by atoms with Crippen LogP contribution in [-0.2, 0) is 16.1 Å². The normalized spacial score (nSPS) is 14.0. The van der Waals surface area contributed by atoms with Gasteiger partial charge >= 0.3 is 0 Å². The molecule has 0 aliphatic carbocycles. The molecule has 0 saturated carbocycles. The first kappa shape index (κ1) is 26.4. The van der Waals surface area contributed by atoms with Crippen LogP contribution in [0, 0.1) is 0 Å². The lowest BCUT2D eigenvalue weighted by atomic mass is 10.0. The third-order valence-corrected chi connectivity index (χ3v) is 6.05. The van der Waals surface area contributed by atoms with Crippen LogP contribution in [-0.4, -0.2) is 51.6 Å². The van der Waals surface area contributed by atoms with Crippen LogP contribution in [0.5, 0.6) is 0 Å². The van der Waals surface area contributed by atoms with E-state index in [1.807, 2.05) is 39.8 Å². The quantitative estimate of drug-likeness (QED) is 0.519. The van der Waals surface area contributed by atoms with Gasteiger partial charge in [0.25, 0.3) is 11.8 Å². The standard InChI is InChI=1S/C27H32ClN3O4/c1-5-22(24(33)29-27(2,3)4)31(17-18-12-14-19(28)15-13-18)23(32)11-8-16-30-25(34)20-9-6-7-10-21(20)26(30)35/h6-7,9-10,12-15,22H,5,8,11,16-17H2,1-4H3,(H,29,33). The summed E-state index contributed by atoms with van der Waals surface area (Å²) in [7, 11) is 0. The van der Waals surface area contributed by atoms with E-state index in [0.717, 1.165) is 5.56 Å². The zero-order chi connectivity index (χ0) is 25.8.